The van der Waals surface area contributed by atoms with E-state index in [0.717, 1.165) is 0 Å². The maximum Gasteiger partial charge on any atom is 0.296 e. The van der Waals surface area contributed by atoms with Gasteiger partial charge in [0.1, 0.15) is 5.69 Å². The fourth-order valence-electron chi connectivity index (χ4n) is 0.878. The highest BCUT2D eigenvalue weighted by atomic mass is 35.5. The van der Waals surface area contributed by atoms with Gasteiger partial charge in [-0.1, -0.05) is 17.7 Å². The lowest BCUT2D eigenvalue weighted by Gasteiger charge is -1.96. The Labute approximate surface area is 84.8 Å². The molecule has 0 fully saturated rings. The number of hydrogen-bond donors (Lipinski definition) is 1. The first kappa shape index (κ1) is 10.6. The number of aliphatic hydroxyl groups is 1. The van der Waals surface area contributed by atoms with Crippen molar-refractivity contribution in [1.29, 1.82) is 0 Å². The fourth-order valence-corrected chi connectivity index (χ4v) is 1.03. The number of rotatable bonds is 3. The summed E-state index contributed by atoms with van der Waals surface area (Å²) in [7, 11) is 0. The largest absolute Gasteiger partial charge is 0.392 e. The van der Waals surface area contributed by atoms with Crippen molar-refractivity contribution in [3.05, 3.63) is 39.2 Å². The van der Waals surface area contributed by atoms with E-state index in [1.807, 2.05) is 0 Å². The van der Waals surface area contributed by atoms with Crippen LogP contribution in [-0.4, -0.2) is 21.6 Å². The minimum atomic E-state index is -0.573. The van der Waals surface area contributed by atoms with Gasteiger partial charge < -0.3 is 5.11 Å². The van der Waals surface area contributed by atoms with E-state index in [-0.39, 0.29) is 23.0 Å². The number of hydrogen-bond acceptors (Lipinski definition) is 4. The van der Waals surface area contributed by atoms with Crippen molar-refractivity contribution in [2.75, 3.05) is 6.61 Å². The minimum Gasteiger partial charge on any atom is -0.392 e. The molecule has 0 radical (unpaired) electrons. The van der Waals surface area contributed by atoms with Crippen molar-refractivity contribution in [2.24, 2.45) is 0 Å². The average molecular weight is 215 g/mol. The number of halogens is 1. The van der Waals surface area contributed by atoms with Gasteiger partial charge in [0.25, 0.3) is 5.69 Å². The van der Waals surface area contributed by atoms with E-state index in [2.05, 4.69) is 4.98 Å². The summed E-state index contributed by atoms with van der Waals surface area (Å²) in [5.41, 5.74) is -0.00403. The molecule has 0 spiro atoms. The molecule has 5 nitrogen and oxygen atoms in total. The maximum absolute atomic E-state index is 10.5. The van der Waals surface area contributed by atoms with Gasteiger partial charge in [-0.05, 0) is 6.08 Å². The van der Waals surface area contributed by atoms with Crippen LogP contribution in [0.3, 0.4) is 0 Å². The summed E-state index contributed by atoms with van der Waals surface area (Å²) in [6.45, 7) is -0.193. The first-order chi connectivity index (χ1) is 6.65. The third-order valence-electron chi connectivity index (χ3n) is 1.44. The first-order valence-electron chi connectivity index (χ1n) is 3.72. The van der Waals surface area contributed by atoms with Gasteiger partial charge in [0, 0.05) is 12.3 Å². The second-order valence-electron chi connectivity index (χ2n) is 2.40. The molecule has 0 saturated heterocycles. The van der Waals surface area contributed by atoms with Crippen LogP contribution in [0, 0.1) is 10.1 Å². The molecule has 0 amide bonds. The van der Waals surface area contributed by atoms with Crippen molar-refractivity contribution in [3.8, 4) is 0 Å². The van der Waals surface area contributed by atoms with Crippen molar-refractivity contribution in [1.82, 2.24) is 4.98 Å². The SMILES string of the molecule is O=[N+]([O-])c1cc(Cl)cnc1C=CCO. The van der Waals surface area contributed by atoms with Gasteiger partial charge >= 0.3 is 0 Å². The summed E-state index contributed by atoms with van der Waals surface area (Å²) < 4.78 is 0. The van der Waals surface area contributed by atoms with Crippen LogP contribution in [0.2, 0.25) is 5.02 Å². The molecule has 6 heteroatoms. The van der Waals surface area contributed by atoms with Crippen LogP contribution in [-0.2, 0) is 0 Å². The Hall–Kier alpha value is -1.46. The molecule has 0 bridgehead atoms. The van der Waals surface area contributed by atoms with E-state index >= 15 is 0 Å². The van der Waals surface area contributed by atoms with Gasteiger partial charge in [-0.2, -0.15) is 0 Å². The summed E-state index contributed by atoms with van der Waals surface area (Å²) in [5, 5.41) is 19.3. The quantitative estimate of drug-likeness (QED) is 0.613. The molecule has 1 heterocycles. The molecule has 1 N–H and O–H groups in total. The zero-order valence-electron chi connectivity index (χ0n) is 7.05. The Bertz CT molecular complexity index is 379. The van der Waals surface area contributed by atoms with Gasteiger partial charge in [0.05, 0.1) is 16.6 Å². The molecule has 0 aromatic carbocycles. The predicted molar refractivity (Wildman–Crippen MR) is 52.0 cm³/mol. The van der Waals surface area contributed by atoms with Crippen molar-refractivity contribution in [3.63, 3.8) is 0 Å². The lowest BCUT2D eigenvalue weighted by molar-refractivity contribution is -0.385. The van der Waals surface area contributed by atoms with E-state index in [1.165, 1.54) is 24.4 Å². The van der Waals surface area contributed by atoms with Gasteiger partial charge in [-0.25, -0.2) is 4.98 Å². The van der Waals surface area contributed by atoms with Gasteiger partial charge in [-0.15, -0.1) is 0 Å². The lowest BCUT2D eigenvalue weighted by atomic mass is 10.3. The molecule has 0 saturated carbocycles. The zero-order chi connectivity index (χ0) is 10.6. The van der Waals surface area contributed by atoms with Crippen molar-refractivity contribution < 1.29 is 10.0 Å². The van der Waals surface area contributed by atoms with Crippen LogP contribution in [0.5, 0.6) is 0 Å². The summed E-state index contributed by atoms with van der Waals surface area (Å²) in [6.07, 6.45) is 4.04. The Balaban J connectivity index is 3.15. The number of pyridine rings is 1. The molecular formula is C8H7ClN2O3. The topological polar surface area (TPSA) is 76.3 Å². The second-order valence-corrected chi connectivity index (χ2v) is 2.84. The minimum absolute atomic E-state index is 0.174. The zero-order valence-corrected chi connectivity index (χ0v) is 7.81. The molecule has 0 aliphatic rings. The van der Waals surface area contributed by atoms with E-state index in [9.17, 15) is 10.1 Å². The van der Waals surface area contributed by atoms with E-state index in [4.69, 9.17) is 16.7 Å². The van der Waals surface area contributed by atoms with Crippen LogP contribution < -0.4 is 0 Å². The van der Waals surface area contributed by atoms with Crippen molar-refractivity contribution in [2.45, 2.75) is 0 Å². The average Bonchev–Trinajstić information content (AvgIpc) is 2.15. The monoisotopic (exact) mass is 214 g/mol. The fraction of sp³-hybridized carbons (Fsp3) is 0.125. The lowest BCUT2D eigenvalue weighted by Crippen LogP contribution is -1.94. The van der Waals surface area contributed by atoms with Crippen LogP contribution in [0.4, 0.5) is 5.69 Å². The summed E-state index contributed by atoms with van der Waals surface area (Å²) in [4.78, 5) is 13.7. The summed E-state index contributed by atoms with van der Waals surface area (Å²) in [6, 6.07) is 1.21. The molecular weight excluding hydrogens is 208 g/mol. The number of aliphatic hydroxyl groups excluding tert-OH is 1. The molecule has 14 heavy (non-hydrogen) atoms. The van der Waals surface area contributed by atoms with E-state index in [1.54, 1.807) is 0 Å². The van der Waals surface area contributed by atoms with Gasteiger partial charge in [0.2, 0.25) is 0 Å². The standard InChI is InChI=1S/C8H7ClN2O3/c9-6-4-8(11(13)14)7(10-5-6)2-1-3-12/h1-2,4-5,12H,3H2. The Morgan fingerprint density at radius 3 is 3.00 bits per heavy atom. The molecule has 1 aromatic rings. The molecule has 1 aromatic heterocycles. The Morgan fingerprint density at radius 2 is 2.43 bits per heavy atom. The molecule has 0 atom stereocenters. The molecule has 1 rings (SSSR count). The van der Waals surface area contributed by atoms with Crippen molar-refractivity contribution >= 4 is 23.4 Å². The Kier molecular flexibility index (Phi) is 3.55. The molecule has 0 unspecified atom stereocenters. The number of nitro groups is 1. The maximum atomic E-state index is 10.5. The molecule has 0 aliphatic heterocycles. The normalized spacial score (nSPS) is 10.7. The second kappa shape index (κ2) is 4.69. The first-order valence-corrected chi connectivity index (χ1v) is 4.10. The highest BCUT2D eigenvalue weighted by Crippen LogP contribution is 2.21. The number of nitrogens with zero attached hydrogens (tertiary/aromatic N) is 2. The summed E-state index contributed by atoms with van der Waals surface area (Å²) in [5.74, 6) is 0. The van der Waals surface area contributed by atoms with E-state index < -0.39 is 4.92 Å². The van der Waals surface area contributed by atoms with Crippen LogP contribution in [0.25, 0.3) is 6.08 Å². The van der Waals surface area contributed by atoms with E-state index in [0.29, 0.717) is 0 Å². The Morgan fingerprint density at radius 1 is 1.71 bits per heavy atom. The van der Waals surface area contributed by atoms with Crippen LogP contribution >= 0.6 is 11.6 Å². The van der Waals surface area contributed by atoms with Crippen LogP contribution in [0.1, 0.15) is 5.69 Å². The smallest absolute Gasteiger partial charge is 0.296 e. The molecule has 74 valence electrons. The molecule has 0 aliphatic carbocycles. The highest BCUT2D eigenvalue weighted by molar-refractivity contribution is 6.30. The predicted octanol–water partition coefficient (Wildman–Crippen LogP) is 1.65. The number of aromatic nitrogens is 1. The van der Waals surface area contributed by atoms with Crippen LogP contribution in [0.15, 0.2) is 18.3 Å². The third-order valence-corrected chi connectivity index (χ3v) is 1.65. The summed E-state index contributed by atoms with van der Waals surface area (Å²) >= 11 is 5.55. The highest BCUT2D eigenvalue weighted by Gasteiger charge is 2.12. The van der Waals surface area contributed by atoms with Gasteiger partial charge in [-0.3, -0.25) is 10.1 Å². The third kappa shape index (κ3) is 2.51. The van der Waals surface area contributed by atoms with Gasteiger partial charge in [0.15, 0.2) is 0 Å².